The zero-order valence-corrected chi connectivity index (χ0v) is 17.8. The molecule has 10 nitrogen and oxygen atoms in total. The number of aliphatic carboxylic acids is 5. The first-order valence-corrected chi connectivity index (χ1v) is 7.66. The molecule has 0 saturated heterocycles. The third-order valence-corrected chi connectivity index (χ3v) is 1.83. The van der Waals surface area contributed by atoms with Crippen LogP contribution >= 0.6 is 0 Å². The summed E-state index contributed by atoms with van der Waals surface area (Å²) in [6.07, 6.45) is 0. The molecular formula is C20H34O10Si. The number of carboxylic acids is 5. The molecule has 0 atom stereocenters. The first-order chi connectivity index (χ1) is 13.2. The molecule has 0 saturated carbocycles. The molecule has 11 heteroatoms. The molecule has 0 amide bonds. The van der Waals surface area contributed by atoms with Gasteiger partial charge in [0.25, 0.3) is 0 Å². The van der Waals surface area contributed by atoms with Crippen LogP contribution in [0.15, 0.2) is 60.8 Å². The Bertz CT molecular complexity index is 503. The van der Waals surface area contributed by atoms with E-state index in [9.17, 15) is 24.0 Å². The van der Waals surface area contributed by atoms with Gasteiger partial charge >= 0.3 is 29.8 Å². The van der Waals surface area contributed by atoms with Gasteiger partial charge in [-0.25, -0.2) is 24.0 Å². The second kappa shape index (κ2) is 24.3. The number of carboxylic acid groups (broad SMARTS) is 5. The van der Waals surface area contributed by atoms with Crippen molar-refractivity contribution in [3.63, 3.8) is 0 Å². The largest absolute Gasteiger partial charge is 0.478 e. The van der Waals surface area contributed by atoms with E-state index in [-0.39, 0.29) is 38.8 Å². The molecule has 0 heterocycles. The molecule has 0 rings (SSSR count). The Hall–Kier alpha value is -3.73. The van der Waals surface area contributed by atoms with Crippen LogP contribution < -0.4 is 0 Å². The van der Waals surface area contributed by atoms with Gasteiger partial charge in [-0.1, -0.05) is 32.9 Å². The van der Waals surface area contributed by atoms with Gasteiger partial charge in [0.05, 0.1) is 0 Å². The molecule has 0 aromatic rings. The van der Waals surface area contributed by atoms with Crippen LogP contribution in [-0.4, -0.2) is 66.3 Å². The molecule has 0 aliphatic heterocycles. The second-order valence-electron chi connectivity index (χ2n) is 5.43. The van der Waals surface area contributed by atoms with Gasteiger partial charge in [-0.15, -0.1) is 0 Å². The van der Waals surface area contributed by atoms with E-state index in [4.69, 9.17) is 25.5 Å². The predicted octanol–water partition coefficient (Wildman–Crippen LogP) is 1.78. The van der Waals surface area contributed by atoms with Crippen LogP contribution in [-0.2, 0) is 24.0 Å². The zero-order chi connectivity index (χ0) is 25.8. The number of rotatable bonds is 5. The highest BCUT2D eigenvalue weighted by atomic mass is 28.1. The fourth-order valence-corrected chi connectivity index (χ4v) is 0. The monoisotopic (exact) mass is 462 g/mol. The van der Waals surface area contributed by atoms with Crippen molar-refractivity contribution < 1.29 is 49.5 Å². The minimum absolute atomic E-state index is 0. The Labute approximate surface area is 186 Å². The van der Waals surface area contributed by atoms with Crippen molar-refractivity contribution in [1.29, 1.82) is 0 Å². The molecule has 0 fully saturated rings. The molecule has 0 unspecified atom stereocenters. The normalized spacial score (nSPS) is 7.26. The summed E-state index contributed by atoms with van der Waals surface area (Å²) in [5.74, 6) is -4.68. The Morgan fingerprint density at radius 1 is 0.387 bits per heavy atom. The first kappa shape index (κ1) is 41.6. The molecule has 0 radical (unpaired) electrons. The summed E-state index contributed by atoms with van der Waals surface area (Å²) in [7, 11) is 0. The molecule has 0 aliphatic carbocycles. The summed E-state index contributed by atoms with van der Waals surface area (Å²) in [5.41, 5.74) is 0.880. The van der Waals surface area contributed by atoms with Crippen LogP contribution in [0.5, 0.6) is 0 Å². The van der Waals surface area contributed by atoms with Crippen LogP contribution in [0, 0.1) is 0 Å². The molecular weight excluding hydrogens is 428 g/mol. The lowest BCUT2D eigenvalue weighted by atomic mass is 10.4. The van der Waals surface area contributed by atoms with E-state index in [1.54, 1.807) is 0 Å². The lowest BCUT2D eigenvalue weighted by Crippen LogP contribution is -1.92. The second-order valence-corrected chi connectivity index (χ2v) is 5.43. The topological polar surface area (TPSA) is 186 Å². The summed E-state index contributed by atoms with van der Waals surface area (Å²) < 4.78 is 0. The summed E-state index contributed by atoms with van der Waals surface area (Å²) in [6, 6.07) is 0. The van der Waals surface area contributed by atoms with Crippen molar-refractivity contribution in [2.45, 2.75) is 34.6 Å². The maximum absolute atomic E-state index is 9.60. The summed E-state index contributed by atoms with van der Waals surface area (Å²) >= 11 is 0. The van der Waals surface area contributed by atoms with E-state index >= 15 is 0 Å². The summed E-state index contributed by atoms with van der Waals surface area (Å²) in [4.78, 5) is 48.0. The molecule has 0 spiro atoms. The van der Waals surface area contributed by atoms with E-state index in [0.717, 1.165) is 0 Å². The van der Waals surface area contributed by atoms with Crippen molar-refractivity contribution in [1.82, 2.24) is 0 Å². The van der Waals surface area contributed by atoms with Crippen molar-refractivity contribution in [2.75, 3.05) is 0 Å². The molecule has 31 heavy (non-hydrogen) atoms. The molecule has 0 aromatic carbocycles. The van der Waals surface area contributed by atoms with Gasteiger partial charge < -0.3 is 25.5 Å². The Morgan fingerprint density at radius 2 is 0.419 bits per heavy atom. The molecule has 178 valence electrons. The van der Waals surface area contributed by atoms with Gasteiger partial charge in [-0.3, -0.25) is 0 Å². The predicted molar refractivity (Wildman–Crippen MR) is 124 cm³/mol. The average molecular weight is 463 g/mol. The first-order valence-electron chi connectivity index (χ1n) is 7.66. The highest BCUT2D eigenvalue weighted by Crippen LogP contribution is 1.83. The van der Waals surface area contributed by atoms with Gasteiger partial charge in [-0.2, -0.15) is 0 Å². The lowest BCUT2D eigenvalue weighted by molar-refractivity contribution is -0.133. The smallest absolute Gasteiger partial charge is 0.330 e. The lowest BCUT2D eigenvalue weighted by Gasteiger charge is -1.79. The van der Waals surface area contributed by atoms with E-state index in [0.29, 0.717) is 0 Å². The SMILES string of the molecule is C=C(C)C(=O)O.C=C(C)C(=O)O.C=C(C)C(=O)O.C=C(C)C(=O)O.C=C(C)C(=O)O.[SiH4]. The van der Waals surface area contributed by atoms with Crippen molar-refractivity contribution in [2.24, 2.45) is 0 Å². The summed E-state index contributed by atoms with van der Waals surface area (Å²) in [5, 5.41) is 39.5. The highest BCUT2D eigenvalue weighted by molar-refractivity contribution is 5.86. The minimum atomic E-state index is -0.935. The van der Waals surface area contributed by atoms with Crippen LogP contribution in [0.3, 0.4) is 0 Å². The minimum Gasteiger partial charge on any atom is -0.478 e. The van der Waals surface area contributed by atoms with Crippen LogP contribution in [0.1, 0.15) is 34.6 Å². The molecule has 0 aliphatic rings. The maximum atomic E-state index is 9.60. The quantitative estimate of drug-likeness (QED) is 0.298. The van der Waals surface area contributed by atoms with Crippen molar-refractivity contribution >= 4 is 40.8 Å². The fraction of sp³-hybridized carbons (Fsp3) is 0.250. The average Bonchev–Trinajstić information content (AvgIpc) is 2.56. The number of hydrogen-bond donors (Lipinski definition) is 5. The fourth-order valence-electron chi connectivity index (χ4n) is 0. The Morgan fingerprint density at radius 3 is 0.419 bits per heavy atom. The third kappa shape index (κ3) is 58.5. The zero-order valence-electron chi connectivity index (χ0n) is 17.8. The van der Waals surface area contributed by atoms with Gasteiger partial charge in [0.15, 0.2) is 0 Å². The van der Waals surface area contributed by atoms with E-state index in [2.05, 4.69) is 32.9 Å². The van der Waals surface area contributed by atoms with Gasteiger partial charge in [0, 0.05) is 27.9 Å². The van der Waals surface area contributed by atoms with E-state index < -0.39 is 29.8 Å². The highest BCUT2D eigenvalue weighted by Gasteiger charge is 1.92. The maximum Gasteiger partial charge on any atom is 0.330 e. The van der Waals surface area contributed by atoms with Crippen molar-refractivity contribution in [3.8, 4) is 0 Å². The molecule has 5 N–H and O–H groups in total. The van der Waals surface area contributed by atoms with Gasteiger partial charge in [0.1, 0.15) is 0 Å². The number of carbonyl (C=O) groups is 5. The van der Waals surface area contributed by atoms with Gasteiger partial charge in [-0.05, 0) is 45.6 Å². The van der Waals surface area contributed by atoms with E-state index in [1.807, 2.05) is 0 Å². The molecule has 0 bridgehead atoms. The third-order valence-electron chi connectivity index (χ3n) is 1.83. The Balaban J connectivity index is -0.0000000625. The van der Waals surface area contributed by atoms with Crippen molar-refractivity contribution in [3.05, 3.63) is 60.8 Å². The molecule has 0 aromatic heterocycles. The van der Waals surface area contributed by atoms with E-state index in [1.165, 1.54) is 34.6 Å². The summed E-state index contributed by atoms with van der Waals surface area (Å²) in [6.45, 7) is 23.0. The Kier molecular flexibility index (Phi) is 32.6. The number of hydrogen-bond acceptors (Lipinski definition) is 5. The van der Waals surface area contributed by atoms with Crippen LogP contribution in [0.25, 0.3) is 0 Å². The standard InChI is InChI=1S/5C4H6O2.H4Si/c5*1-3(2)4(5)6;/h5*1H2,2H3,(H,5,6);1H4. The van der Waals surface area contributed by atoms with Crippen LogP contribution in [0.4, 0.5) is 0 Å². The van der Waals surface area contributed by atoms with Crippen LogP contribution in [0.2, 0.25) is 0 Å². The van der Waals surface area contributed by atoms with Gasteiger partial charge in [0.2, 0.25) is 0 Å².